The predicted molar refractivity (Wildman–Crippen MR) is 95.3 cm³/mol. The van der Waals surface area contributed by atoms with E-state index in [1.165, 1.54) is 19.3 Å². The maximum Gasteiger partial charge on any atom is 0.187 e. The standard InChI is InChI=1S/C18H21N3OS/c22-17-7-2-1-4-11(17)10-19-21-18(23)20-16-9-12-8-15(16)14-6-3-5-13(12)14/h1-4,6-7,10,12-16,22H,5,8-9H2,(H2,20,21,23)/b19-10-/t12-,13-,14+,15-,16-/m1/s1. The van der Waals surface area contributed by atoms with Crippen molar-refractivity contribution in [1.29, 1.82) is 0 Å². The van der Waals surface area contributed by atoms with Gasteiger partial charge in [0, 0.05) is 11.6 Å². The average molecular weight is 327 g/mol. The molecule has 2 saturated carbocycles. The molecule has 3 aliphatic rings. The van der Waals surface area contributed by atoms with Crippen LogP contribution in [0.25, 0.3) is 0 Å². The van der Waals surface area contributed by atoms with Gasteiger partial charge in [-0.05, 0) is 67.3 Å². The number of hydrogen-bond acceptors (Lipinski definition) is 3. The molecule has 23 heavy (non-hydrogen) atoms. The number of phenols is 1. The number of nitrogens with zero attached hydrogens (tertiary/aromatic N) is 1. The van der Waals surface area contributed by atoms with Crippen molar-refractivity contribution < 1.29 is 5.11 Å². The molecule has 4 rings (SSSR count). The Morgan fingerprint density at radius 2 is 2.13 bits per heavy atom. The van der Waals surface area contributed by atoms with Crippen molar-refractivity contribution in [3.8, 4) is 5.75 Å². The molecule has 4 nitrogen and oxygen atoms in total. The molecule has 3 N–H and O–H groups in total. The van der Waals surface area contributed by atoms with Gasteiger partial charge in [-0.3, -0.25) is 5.43 Å². The molecular formula is C18H21N3OS. The number of hydrazone groups is 1. The first kappa shape index (κ1) is 14.7. The van der Waals surface area contributed by atoms with Crippen LogP contribution in [-0.4, -0.2) is 22.5 Å². The van der Waals surface area contributed by atoms with Crippen LogP contribution in [0.4, 0.5) is 0 Å². The zero-order valence-electron chi connectivity index (χ0n) is 12.9. The summed E-state index contributed by atoms with van der Waals surface area (Å²) in [5.74, 6) is 3.41. The van der Waals surface area contributed by atoms with E-state index in [1.807, 2.05) is 6.07 Å². The lowest BCUT2D eigenvalue weighted by Gasteiger charge is -2.32. The molecule has 120 valence electrons. The van der Waals surface area contributed by atoms with Crippen LogP contribution in [0, 0.1) is 23.7 Å². The highest BCUT2D eigenvalue weighted by Gasteiger charge is 2.52. The fourth-order valence-corrected chi connectivity index (χ4v) is 4.87. The number of para-hydroxylation sites is 1. The van der Waals surface area contributed by atoms with Gasteiger partial charge >= 0.3 is 0 Å². The highest BCUT2D eigenvalue weighted by Crippen LogP contribution is 2.56. The van der Waals surface area contributed by atoms with Gasteiger partial charge in [0.15, 0.2) is 5.11 Å². The Morgan fingerprint density at radius 3 is 3.00 bits per heavy atom. The zero-order chi connectivity index (χ0) is 15.8. The van der Waals surface area contributed by atoms with Gasteiger partial charge in [0.05, 0.1) is 6.21 Å². The monoisotopic (exact) mass is 327 g/mol. The van der Waals surface area contributed by atoms with Gasteiger partial charge in [-0.1, -0.05) is 24.3 Å². The van der Waals surface area contributed by atoms with Crippen LogP contribution < -0.4 is 10.7 Å². The minimum absolute atomic E-state index is 0.212. The van der Waals surface area contributed by atoms with E-state index >= 15 is 0 Å². The molecule has 0 aliphatic heterocycles. The fourth-order valence-electron chi connectivity index (χ4n) is 4.67. The highest BCUT2D eigenvalue weighted by molar-refractivity contribution is 7.80. The third kappa shape index (κ3) is 2.74. The highest BCUT2D eigenvalue weighted by atomic mass is 32.1. The van der Waals surface area contributed by atoms with Crippen molar-refractivity contribution >= 4 is 23.5 Å². The van der Waals surface area contributed by atoms with Crippen molar-refractivity contribution in [3.05, 3.63) is 42.0 Å². The number of benzene rings is 1. The Labute approximate surface area is 141 Å². The second-order valence-corrected chi connectivity index (χ2v) is 7.22. The Hall–Kier alpha value is -1.88. The number of fused-ring (bicyclic) bond motifs is 5. The summed E-state index contributed by atoms with van der Waals surface area (Å²) in [6, 6.07) is 7.55. The van der Waals surface area contributed by atoms with Gasteiger partial charge in [0.2, 0.25) is 0 Å². The summed E-state index contributed by atoms with van der Waals surface area (Å²) in [7, 11) is 0. The molecule has 1 aromatic rings. The summed E-state index contributed by atoms with van der Waals surface area (Å²) in [5.41, 5.74) is 3.53. The van der Waals surface area contributed by atoms with Crippen LogP contribution in [0.1, 0.15) is 24.8 Å². The number of thiocarbonyl (C=S) groups is 1. The quantitative estimate of drug-likeness (QED) is 0.346. The largest absolute Gasteiger partial charge is 0.507 e. The van der Waals surface area contributed by atoms with Gasteiger partial charge in [-0.2, -0.15) is 5.10 Å². The number of allylic oxidation sites excluding steroid dienone is 2. The van der Waals surface area contributed by atoms with Crippen LogP contribution in [0.2, 0.25) is 0 Å². The normalized spacial score (nSPS) is 34.0. The number of nitrogens with one attached hydrogen (secondary N) is 2. The van der Waals surface area contributed by atoms with E-state index in [9.17, 15) is 5.11 Å². The van der Waals surface area contributed by atoms with Crippen LogP contribution in [0.3, 0.4) is 0 Å². The molecule has 2 bridgehead atoms. The van der Waals surface area contributed by atoms with Crippen molar-refractivity contribution in [3.63, 3.8) is 0 Å². The molecule has 0 amide bonds. The summed E-state index contributed by atoms with van der Waals surface area (Å²) in [6.45, 7) is 0. The summed E-state index contributed by atoms with van der Waals surface area (Å²) in [6.07, 6.45) is 10.2. The lowest BCUT2D eigenvalue weighted by atomic mass is 9.79. The number of aromatic hydroxyl groups is 1. The maximum atomic E-state index is 9.69. The van der Waals surface area contributed by atoms with Crippen LogP contribution in [0.5, 0.6) is 5.75 Å². The summed E-state index contributed by atoms with van der Waals surface area (Å²) < 4.78 is 0. The van der Waals surface area contributed by atoms with E-state index in [0.29, 0.717) is 22.6 Å². The third-order valence-corrected chi connectivity index (χ3v) is 5.84. The molecule has 0 aromatic heterocycles. The molecule has 0 radical (unpaired) electrons. The molecule has 0 heterocycles. The molecule has 3 aliphatic carbocycles. The lowest BCUT2D eigenvalue weighted by Crippen LogP contribution is -2.45. The topological polar surface area (TPSA) is 56.7 Å². The Kier molecular flexibility index (Phi) is 3.81. The van der Waals surface area contributed by atoms with Crippen LogP contribution >= 0.6 is 12.2 Å². The molecule has 5 heteroatoms. The number of phenolic OH excluding ortho intramolecular Hbond substituents is 1. The number of hydrogen-bond donors (Lipinski definition) is 3. The van der Waals surface area contributed by atoms with E-state index < -0.39 is 0 Å². The van der Waals surface area contributed by atoms with Gasteiger partial charge < -0.3 is 10.4 Å². The third-order valence-electron chi connectivity index (χ3n) is 5.63. The van der Waals surface area contributed by atoms with E-state index in [4.69, 9.17) is 12.2 Å². The van der Waals surface area contributed by atoms with Gasteiger partial charge in [0.25, 0.3) is 0 Å². The molecular weight excluding hydrogens is 306 g/mol. The maximum absolute atomic E-state index is 9.69. The van der Waals surface area contributed by atoms with Crippen LogP contribution in [-0.2, 0) is 0 Å². The second-order valence-electron chi connectivity index (χ2n) is 6.81. The first-order chi connectivity index (χ1) is 11.2. The molecule has 0 saturated heterocycles. The summed E-state index contributed by atoms with van der Waals surface area (Å²) in [5, 5.41) is 17.8. The van der Waals surface area contributed by atoms with E-state index in [-0.39, 0.29) is 5.75 Å². The average Bonchev–Trinajstić information content (AvgIpc) is 3.21. The van der Waals surface area contributed by atoms with Crippen LogP contribution in [0.15, 0.2) is 41.5 Å². The SMILES string of the molecule is Oc1ccccc1/C=N\NC(=S)N[C@@H]1C[C@H]2C[C@@H]1[C@H]1C=CC[C@H]21. The van der Waals surface area contributed by atoms with Gasteiger partial charge in [-0.15, -0.1) is 0 Å². The van der Waals surface area contributed by atoms with Gasteiger partial charge in [-0.25, -0.2) is 0 Å². The zero-order valence-corrected chi connectivity index (χ0v) is 13.7. The molecule has 0 unspecified atom stereocenters. The first-order valence-corrected chi connectivity index (χ1v) is 8.67. The Bertz CT molecular complexity index is 672. The van der Waals surface area contributed by atoms with Crippen molar-refractivity contribution in [2.24, 2.45) is 28.8 Å². The van der Waals surface area contributed by atoms with Crippen molar-refractivity contribution in [1.82, 2.24) is 10.7 Å². The van der Waals surface area contributed by atoms with E-state index in [1.54, 1.807) is 24.4 Å². The summed E-state index contributed by atoms with van der Waals surface area (Å²) >= 11 is 5.36. The second kappa shape index (κ2) is 5.96. The Morgan fingerprint density at radius 1 is 1.26 bits per heavy atom. The number of rotatable bonds is 3. The molecule has 5 atom stereocenters. The Balaban J connectivity index is 1.31. The molecule has 1 aromatic carbocycles. The van der Waals surface area contributed by atoms with Gasteiger partial charge in [0.1, 0.15) is 5.75 Å². The smallest absolute Gasteiger partial charge is 0.187 e. The fraction of sp³-hybridized carbons (Fsp3) is 0.444. The van der Waals surface area contributed by atoms with E-state index in [0.717, 1.165) is 17.8 Å². The van der Waals surface area contributed by atoms with Crippen molar-refractivity contribution in [2.75, 3.05) is 0 Å². The summed E-state index contributed by atoms with van der Waals surface area (Å²) in [4.78, 5) is 0. The minimum Gasteiger partial charge on any atom is -0.507 e. The lowest BCUT2D eigenvalue weighted by molar-refractivity contribution is 0.246. The first-order valence-electron chi connectivity index (χ1n) is 8.26. The van der Waals surface area contributed by atoms with Crippen molar-refractivity contribution in [2.45, 2.75) is 25.3 Å². The molecule has 0 spiro atoms. The van der Waals surface area contributed by atoms with E-state index in [2.05, 4.69) is 28.0 Å². The molecule has 2 fully saturated rings. The minimum atomic E-state index is 0.212. The predicted octanol–water partition coefficient (Wildman–Crippen LogP) is 2.79.